The molecule has 1 aliphatic heterocycles. The lowest BCUT2D eigenvalue weighted by Crippen LogP contribution is -2.37. The maximum atomic E-state index is 13.8. The molecule has 1 N–H and O–H groups in total. The number of nitro benzene ring substituents is 1. The van der Waals surface area contributed by atoms with E-state index in [1.807, 2.05) is 0 Å². The average Bonchev–Trinajstić information content (AvgIpc) is 2.87. The summed E-state index contributed by atoms with van der Waals surface area (Å²) in [7, 11) is -4.10. The summed E-state index contributed by atoms with van der Waals surface area (Å²) in [6, 6.07) is 1.83. The molecule has 0 spiro atoms. The van der Waals surface area contributed by atoms with Crippen molar-refractivity contribution in [3.8, 4) is 0 Å². The molecule has 1 aliphatic rings. The number of non-ortho nitro benzene ring substituents is 1. The Bertz CT molecular complexity index is 634. The van der Waals surface area contributed by atoms with Crippen molar-refractivity contribution in [2.45, 2.75) is 23.8 Å². The van der Waals surface area contributed by atoms with Crippen LogP contribution in [-0.4, -0.2) is 41.9 Å². The van der Waals surface area contributed by atoms with E-state index in [9.17, 15) is 22.9 Å². The average molecular weight is 304 g/mol. The van der Waals surface area contributed by atoms with Crippen molar-refractivity contribution in [2.24, 2.45) is 0 Å². The van der Waals surface area contributed by atoms with Crippen LogP contribution in [0.2, 0.25) is 0 Å². The lowest BCUT2D eigenvalue weighted by atomic mass is 10.2. The SMILES string of the molecule is O=[N+]([O-])c1ccc(S(=O)(=O)N2CCC[C@H]2CO)c(F)c1. The minimum Gasteiger partial charge on any atom is -0.395 e. The van der Waals surface area contributed by atoms with Crippen molar-refractivity contribution < 1.29 is 22.8 Å². The Morgan fingerprint density at radius 2 is 2.20 bits per heavy atom. The Balaban J connectivity index is 2.42. The van der Waals surface area contributed by atoms with Gasteiger partial charge >= 0.3 is 0 Å². The summed E-state index contributed by atoms with van der Waals surface area (Å²) in [4.78, 5) is 9.11. The molecule has 0 radical (unpaired) electrons. The van der Waals surface area contributed by atoms with E-state index in [0.717, 1.165) is 16.4 Å². The zero-order valence-electron chi connectivity index (χ0n) is 10.4. The molecule has 0 unspecified atom stereocenters. The first-order chi connectivity index (χ1) is 9.37. The monoisotopic (exact) mass is 304 g/mol. The molecule has 1 saturated heterocycles. The number of nitro groups is 1. The molecule has 1 aromatic rings. The fraction of sp³-hybridized carbons (Fsp3) is 0.455. The highest BCUT2D eigenvalue weighted by atomic mass is 32.2. The second-order valence-electron chi connectivity index (χ2n) is 4.47. The fourth-order valence-corrected chi connectivity index (χ4v) is 3.98. The van der Waals surface area contributed by atoms with E-state index in [-0.39, 0.29) is 13.2 Å². The molecule has 1 aromatic carbocycles. The summed E-state index contributed by atoms with van der Waals surface area (Å²) in [6.45, 7) is -0.141. The van der Waals surface area contributed by atoms with Crippen molar-refractivity contribution in [3.05, 3.63) is 34.1 Å². The normalized spacial score (nSPS) is 20.2. The van der Waals surface area contributed by atoms with E-state index in [4.69, 9.17) is 5.11 Å². The molecule has 0 aliphatic carbocycles. The number of aliphatic hydroxyl groups is 1. The predicted octanol–water partition coefficient (Wildman–Crippen LogP) is 0.879. The van der Waals surface area contributed by atoms with Crippen LogP contribution < -0.4 is 0 Å². The van der Waals surface area contributed by atoms with Gasteiger partial charge in [0.2, 0.25) is 10.0 Å². The second-order valence-corrected chi connectivity index (χ2v) is 6.33. The minimum absolute atomic E-state index is 0.198. The van der Waals surface area contributed by atoms with Crippen LogP contribution in [-0.2, 0) is 10.0 Å². The Kier molecular flexibility index (Phi) is 4.02. The summed E-state index contributed by atoms with van der Waals surface area (Å²) < 4.78 is 39.5. The Morgan fingerprint density at radius 1 is 1.50 bits per heavy atom. The molecule has 9 heteroatoms. The fourth-order valence-electron chi connectivity index (χ4n) is 2.25. The lowest BCUT2D eigenvalue weighted by Gasteiger charge is -2.22. The van der Waals surface area contributed by atoms with E-state index < -0.39 is 37.4 Å². The van der Waals surface area contributed by atoms with Crippen LogP contribution in [0.5, 0.6) is 0 Å². The van der Waals surface area contributed by atoms with Gasteiger partial charge in [0.1, 0.15) is 10.7 Å². The van der Waals surface area contributed by atoms with Gasteiger partial charge in [-0.25, -0.2) is 12.8 Å². The quantitative estimate of drug-likeness (QED) is 0.657. The zero-order chi connectivity index (χ0) is 14.9. The van der Waals surface area contributed by atoms with Gasteiger partial charge in [-0.15, -0.1) is 0 Å². The molecule has 1 heterocycles. The van der Waals surface area contributed by atoms with E-state index in [0.29, 0.717) is 18.9 Å². The number of nitrogens with zero attached hydrogens (tertiary/aromatic N) is 2. The first-order valence-electron chi connectivity index (χ1n) is 5.94. The second kappa shape index (κ2) is 5.43. The standard InChI is InChI=1S/C11H13FN2O5S/c12-10-6-8(14(16)17)3-4-11(10)20(18,19)13-5-1-2-9(13)7-15/h3-4,6,9,15H,1-2,5,7H2/t9-/m0/s1. The summed E-state index contributed by atoms with van der Waals surface area (Å²) in [5, 5.41) is 19.7. The highest BCUT2D eigenvalue weighted by molar-refractivity contribution is 7.89. The van der Waals surface area contributed by atoms with Crippen LogP contribution in [0.1, 0.15) is 12.8 Å². The molecule has 1 fully saturated rings. The third-order valence-electron chi connectivity index (χ3n) is 3.25. The molecular weight excluding hydrogens is 291 g/mol. The number of benzene rings is 1. The topological polar surface area (TPSA) is 101 Å². The van der Waals surface area contributed by atoms with Crippen molar-refractivity contribution in [2.75, 3.05) is 13.2 Å². The van der Waals surface area contributed by atoms with Crippen LogP contribution in [0, 0.1) is 15.9 Å². The van der Waals surface area contributed by atoms with Gasteiger partial charge in [-0.1, -0.05) is 0 Å². The van der Waals surface area contributed by atoms with E-state index in [2.05, 4.69) is 0 Å². The predicted molar refractivity (Wildman–Crippen MR) is 67.1 cm³/mol. The number of rotatable bonds is 4. The Labute approximate surface area is 114 Å². The van der Waals surface area contributed by atoms with Gasteiger partial charge in [-0.3, -0.25) is 10.1 Å². The number of aliphatic hydroxyl groups excluding tert-OH is 1. The van der Waals surface area contributed by atoms with Gasteiger partial charge in [-0.05, 0) is 18.9 Å². The van der Waals surface area contributed by atoms with Gasteiger partial charge in [-0.2, -0.15) is 4.31 Å². The third kappa shape index (κ3) is 2.51. The van der Waals surface area contributed by atoms with Crippen LogP contribution in [0.4, 0.5) is 10.1 Å². The summed E-state index contributed by atoms with van der Waals surface area (Å²) in [5.74, 6) is -1.16. The van der Waals surface area contributed by atoms with Crippen molar-refractivity contribution in [1.29, 1.82) is 0 Å². The van der Waals surface area contributed by atoms with Crippen LogP contribution in [0.25, 0.3) is 0 Å². The van der Waals surface area contributed by atoms with Crippen molar-refractivity contribution in [1.82, 2.24) is 4.31 Å². The number of hydrogen-bond donors (Lipinski definition) is 1. The molecule has 110 valence electrons. The number of hydrogen-bond acceptors (Lipinski definition) is 5. The van der Waals surface area contributed by atoms with Crippen molar-refractivity contribution >= 4 is 15.7 Å². The van der Waals surface area contributed by atoms with Gasteiger partial charge in [0, 0.05) is 18.7 Å². The molecule has 0 aromatic heterocycles. The summed E-state index contributed by atoms with van der Waals surface area (Å²) >= 11 is 0. The van der Waals surface area contributed by atoms with Gasteiger partial charge in [0.15, 0.2) is 0 Å². The number of halogens is 1. The maximum Gasteiger partial charge on any atom is 0.272 e. The van der Waals surface area contributed by atoms with E-state index in [1.54, 1.807) is 0 Å². The first kappa shape index (κ1) is 14.8. The molecule has 2 rings (SSSR count). The maximum absolute atomic E-state index is 13.8. The van der Waals surface area contributed by atoms with E-state index >= 15 is 0 Å². The van der Waals surface area contributed by atoms with Crippen LogP contribution in [0.3, 0.4) is 0 Å². The summed E-state index contributed by atoms with van der Waals surface area (Å²) in [5.41, 5.74) is -0.512. The minimum atomic E-state index is -4.10. The molecule has 0 bridgehead atoms. The Morgan fingerprint density at radius 3 is 2.75 bits per heavy atom. The Hall–Kier alpha value is -1.58. The largest absolute Gasteiger partial charge is 0.395 e. The van der Waals surface area contributed by atoms with E-state index in [1.165, 1.54) is 0 Å². The number of sulfonamides is 1. The van der Waals surface area contributed by atoms with Crippen molar-refractivity contribution in [3.63, 3.8) is 0 Å². The molecule has 0 saturated carbocycles. The smallest absolute Gasteiger partial charge is 0.272 e. The molecule has 0 amide bonds. The highest BCUT2D eigenvalue weighted by Crippen LogP contribution is 2.28. The zero-order valence-corrected chi connectivity index (χ0v) is 11.2. The van der Waals surface area contributed by atoms with Gasteiger partial charge < -0.3 is 5.11 Å². The summed E-state index contributed by atoms with van der Waals surface area (Å²) in [6.07, 6.45) is 1.09. The third-order valence-corrected chi connectivity index (χ3v) is 5.23. The lowest BCUT2D eigenvalue weighted by molar-refractivity contribution is -0.385. The highest BCUT2D eigenvalue weighted by Gasteiger charge is 2.36. The van der Waals surface area contributed by atoms with Gasteiger partial charge in [0.25, 0.3) is 5.69 Å². The van der Waals surface area contributed by atoms with Crippen LogP contribution >= 0.6 is 0 Å². The van der Waals surface area contributed by atoms with Gasteiger partial charge in [0.05, 0.1) is 17.6 Å². The molecule has 1 atom stereocenters. The molecule has 20 heavy (non-hydrogen) atoms. The molecular formula is C11H13FN2O5S. The van der Waals surface area contributed by atoms with Crippen LogP contribution in [0.15, 0.2) is 23.1 Å². The first-order valence-corrected chi connectivity index (χ1v) is 7.38. The molecule has 7 nitrogen and oxygen atoms in total.